The number of aryl methyl sites for hydroxylation is 1. The Morgan fingerprint density at radius 3 is 2.56 bits per heavy atom. The van der Waals surface area contributed by atoms with Gasteiger partial charge in [-0.2, -0.15) is 0 Å². The minimum Gasteiger partial charge on any atom is -0.232 e. The summed E-state index contributed by atoms with van der Waals surface area (Å²) in [5, 5.41) is 1.04. The molecule has 0 N–H and O–H groups in total. The molecule has 0 spiro atoms. The first-order chi connectivity index (χ1) is 8.52. The van der Waals surface area contributed by atoms with Crippen LogP contribution in [0.25, 0.3) is 11.4 Å². The van der Waals surface area contributed by atoms with Gasteiger partial charge in [-0.1, -0.05) is 46.1 Å². The molecule has 94 valence electrons. The summed E-state index contributed by atoms with van der Waals surface area (Å²) in [6.07, 6.45) is 0.772. The maximum atomic E-state index is 6.09. The standard InChI is InChI=1S/C12H8Br2Cl2N2/c1-2-9-10(14)11(16)18-12(17-9)7-5-6(15)3-4-8(7)13/h3-5H,2H2,1H3. The zero-order chi connectivity index (χ0) is 13.3. The average molecular weight is 411 g/mol. The highest BCUT2D eigenvalue weighted by Crippen LogP contribution is 2.32. The van der Waals surface area contributed by atoms with Crippen LogP contribution in [0, 0.1) is 0 Å². The van der Waals surface area contributed by atoms with E-state index in [0.717, 1.165) is 26.6 Å². The Morgan fingerprint density at radius 1 is 1.17 bits per heavy atom. The number of hydrogen-bond acceptors (Lipinski definition) is 2. The third-order valence-corrected chi connectivity index (χ3v) is 4.65. The molecule has 1 aromatic heterocycles. The Balaban J connectivity index is 2.64. The average Bonchev–Trinajstić information content (AvgIpc) is 2.35. The second-order valence-electron chi connectivity index (χ2n) is 3.58. The third kappa shape index (κ3) is 2.87. The van der Waals surface area contributed by atoms with Gasteiger partial charge in [0, 0.05) is 15.1 Å². The summed E-state index contributed by atoms with van der Waals surface area (Å²) in [6.45, 7) is 2.01. The van der Waals surface area contributed by atoms with Crippen LogP contribution in [-0.4, -0.2) is 9.97 Å². The normalized spacial score (nSPS) is 10.7. The summed E-state index contributed by atoms with van der Waals surface area (Å²) in [7, 11) is 0. The minimum atomic E-state index is 0.406. The molecule has 0 unspecified atom stereocenters. The molecule has 0 atom stereocenters. The van der Waals surface area contributed by atoms with Crippen molar-refractivity contribution in [3.8, 4) is 11.4 Å². The molecule has 2 aromatic rings. The van der Waals surface area contributed by atoms with E-state index in [9.17, 15) is 0 Å². The van der Waals surface area contributed by atoms with Gasteiger partial charge in [0.2, 0.25) is 0 Å². The molecule has 1 heterocycles. The van der Waals surface area contributed by atoms with Gasteiger partial charge in [-0.25, -0.2) is 9.97 Å². The van der Waals surface area contributed by atoms with E-state index in [-0.39, 0.29) is 0 Å². The lowest BCUT2D eigenvalue weighted by Crippen LogP contribution is -1.98. The van der Waals surface area contributed by atoms with Crippen LogP contribution in [0.1, 0.15) is 12.6 Å². The Hall–Kier alpha value is -0.160. The summed E-state index contributed by atoms with van der Waals surface area (Å²) in [4.78, 5) is 8.77. The van der Waals surface area contributed by atoms with Crippen LogP contribution in [0.4, 0.5) is 0 Å². The van der Waals surface area contributed by atoms with Crippen LogP contribution in [0.5, 0.6) is 0 Å². The van der Waals surface area contributed by atoms with Gasteiger partial charge in [-0.05, 0) is 40.5 Å². The number of nitrogens with zero attached hydrogens (tertiary/aromatic N) is 2. The van der Waals surface area contributed by atoms with E-state index in [2.05, 4.69) is 41.8 Å². The molecular weight excluding hydrogens is 403 g/mol. The highest BCUT2D eigenvalue weighted by molar-refractivity contribution is 9.11. The lowest BCUT2D eigenvalue weighted by atomic mass is 10.2. The van der Waals surface area contributed by atoms with Crippen LogP contribution in [0.15, 0.2) is 27.1 Å². The van der Waals surface area contributed by atoms with Gasteiger partial charge in [0.15, 0.2) is 5.82 Å². The van der Waals surface area contributed by atoms with Crippen LogP contribution < -0.4 is 0 Å². The maximum Gasteiger partial charge on any atom is 0.162 e. The van der Waals surface area contributed by atoms with Crippen molar-refractivity contribution in [1.82, 2.24) is 9.97 Å². The first-order valence-corrected chi connectivity index (χ1v) is 7.54. The second-order valence-corrected chi connectivity index (χ2v) is 6.02. The highest BCUT2D eigenvalue weighted by atomic mass is 79.9. The minimum absolute atomic E-state index is 0.406. The SMILES string of the molecule is CCc1nc(-c2cc(Cl)ccc2Br)nc(Cl)c1Br. The lowest BCUT2D eigenvalue weighted by molar-refractivity contribution is 0.990. The molecule has 6 heteroatoms. The lowest BCUT2D eigenvalue weighted by Gasteiger charge is -2.08. The molecule has 0 fully saturated rings. The zero-order valence-corrected chi connectivity index (χ0v) is 14.0. The molecule has 1 aromatic carbocycles. The van der Waals surface area contributed by atoms with Gasteiger partial charge in [0.05, 0.1) is 10.2 Å². The fourth-order valence-electron chi connectivity index (χ4n) is 1.49. The first kappa shape index (κ1) is 14.3. The van der Waals surface area contributed by atoms with E-state index in [1.165, 1.54) is 0 Å². The fourth-order valence-corrected chi connectivity index (χ4v) is 2.73. The van der Waals surface area contributed by atoms with Crippen molar-refractivity contribution in [2.75, 3.05) is 0 Å². The molecule has 0 saturated heterocycles. The van der Waals surface area contributed by atoms with Gasteiger partial charge in [0.1, 0.15) is 5.15 Å². The van der Waals surface area contributed by atoms with E-state index in [1.807, 2.05) is 19.1 Å². The van der Waals surface area contributed by atoms with Crippen LogP contribution in [0.2, 0.25) is 10.2 Å². The molecule has 0 aliphatic heterocycles. The van der Waals surface area contributed by atoms with Gasteiger partial charge in [-0.3, -0.25) is 0 Å². The number of benzene rings is 1. The predicted molar refractivity (Wildman–Crippen MR) is 82.3 cm³/mol. The highest BCUT2D eigenvalue weighted by Gasteiger charge is 2.13. The second kappa shape index (κ2) is 5.87. The van der Waals surface area contributed by atoms with Crippen molar-refractivity contribution in [3.05, 3.63) is 43.0 Å². The van der Waals surface area contributed by atoms with Gasteiger partial charge >= 0.3 is 0 Å². The van der Waals surface area contributed by atoms with E-state index in [0.29, 0.717) is 16.0 Å². The Kier molecular flexibility index (Phi) is 4.64. The van der Waals surface area contributed by atoms with E-state index < -0.39 is 0 Å². The fraction of sp³-hybridized carbons (Fsp3) is 0.167. The molecule has 2 rings (SSSR count). The Morgan fingerprint density at radius 2 is 1.89 bits per heavy atom. The quantitative estimate of drug-likeness (QED) is 0.607. The molecule has 0 saturated carbocycles. The zero-order valence-electron chi connectivity index (χ0n) is 9.35. The number of halogens is 4. The van der Waals surface area contributed by atoms with Crippen molar-refractivity contribution in [2.24, 2.45) is 0 Å². The van der Waals surface area contributed by atoms with Crippen LogP contribution in [-0.2, 0) is 6.42 Å². The maximum absolute atomic E-state index is 6.09. The Labute approximate surface area is 132 Å². The van der Waals surface area contributed by atoms with Crippen LogP contribution in [0.3, 0.4) is 0 Å². The monoisotopic (exact) mass is 408 g/mol. The van der Waals surface area contributed by atoms with Crippen molar-refractivity contribution >= 4 is 55.1 Å². The van der Waals surface area contributed by atoms with Crippen molar-refractivity contribution < 1.29 is 0 Å². The summed E-state index contributed by atoms with van der Waals surface area (Å²) in [5.41, 5.74) is 1.70. The van der Waals surface area contributed by atoms with E-state index in [4.69, 9.17) is 23.2 Å². The molecule has 0 aliphatic carbocycles. The van der Waals surface area contributed by atoms with E-state index >= 15 is 0 Å². The van der Waals surface area contributed by atoms with Crippen molar-refractivity contribution in [1.29, 1.82) is 0 Å². The summed E-state index contributed by atoms with van der Waals surface area (Å²) in [6, 6.07) is 5.48. The van der Waals surface area contributed by atoms with Crippen molar-refractivity contribution in [2.45, 2.75) is 13.3 Å². The molecule has 0 aliphatic rings. The van der Waals surface area contributed by atoms with Crippen LogP contribution >= 0.6 is 55.1 Å². The molecule has 0 amide bonds. The summed E-state index contributed by atoms with van der Waals surface area (Å²) >= 11 is 18.9. The van der Waals surface area contributed by atoms with Gasteiger partial charge in [0.25, 0.3) is 0 Å². The predicted octanol–water partition coefficient (Wildman–Crippen LogP) is 5.54. The molecular formula is C12H8Br2Cl2N2. The molecule has 0 radical (unpaired) electrons. The first-order valence-electron chi connectivity index (χ1n) is 5.20. The van der Waals surface area contributed by atoms with E-state index in [1.54, 1.807) is 6.07 Å². The molecule has 0 bridgehead atoms. The topological polar surface area (TPSA) is 25.8 Å². The number of rotatable bonds is 2. The van der Waals surface area contributed by atoms with Crippen molar-refractivity contribution in [3.63, 3.8) is 0 Å². The summed E-state index contributed by atoms with van der Waals surface area (Å²) in [5.74, 6) is 0.564. The molecule has 18 heavy (non-hydrogen) atoms. The summed E-state index contributed by atoms with van der Waals surface area (Å²) < 4.78 is 1.63. The van der Waals surface area contributed by atoms with Gasteiger partial charge in [-0.15, -0.1) is 0 Å². The molecule has 2 nitrogen and oxygen atoms in total. The number of hydrogen-bond donors (Lipinski definition) is 0. The third-order valence-electron chi connectivity index (χ3n) is 2.38. The Bertz CT molecular complexity index is 603. The number of aromatic nitrogens is 2. The van der Waals surface area contributed by atoms with Gasteiger partial charge < -0.3 is 0 Å². The smallest absolute Gasteiger partial charge is 0.162 e. The largest absolute Gasteiger partial charge is 0.232 e.